The summed E-state index contributed by atoms with van der Waals surface area (Å²) in [7, 11) is -1.57. The maximum absolute atomic E-state index is 13.3. The Morgan fingerprint density at radius 1 is 1.07 bits per heavy atom. The first-order valence-corrected chi connectivity index (χ1v) is 9.44. The average molecular weight is 397 g/mol. The van der Waals surface area contributed by atoms with Crippen LogP contribution in [0.15, 0.2) is 52.9 Å². The van der Waals surface area contributed by atoms with Crippen molar-refractivity contribution < 1.29 is 22.1 Å². The van der Waals surface area contributed by atoms with E-state index in [1.807, 2.05) is 30.3 Å². The quantitative estimate of drug-likeness (QED) is 0.620. The van der Waals surface area contributed by atoms with Crippen molar-refractivity contribution in [1.29, 1.82) is 0 Å². The van der Waals surface area contributed by atoms with Gasteiger partial charge in [0.1, 0.15) is 23.3 Å². The third-order valence-corrected chi connectivity index (χ3v) is 5.13. The Kier molecular flexibility index (Phi) is 6.46. The number of nitrogens with zero attached hydrogens (tertiary/aromatic N) is 1. The Bertz CT molecular complexity index is 841. The molecule has 2 rings (SSSR count). The molecule has 2 aromatic rings. The number of halogens is 3. The molecule has 0 aliphatic carbocycles. The Morgan fingerprint density at radius 2 is 1.70 bits per heavy atom. The van der Waals surface area contributed by atoms with Crippen LogP contribution >= 0.6 is 0 Å². The van der Waals surface area contributed by atoms with Gasteiger partial charge in [0.2, 0.25) is 0 Å². The van der Waals surface area contributed by atoms with Crippen LogP contribution in [0.5, 0.6) is 5.75 Å². The topological polar surface area (TPSA) is 38.7 Å². The smallest absolute Gasteiger partial charge is 0.416 e. The molecular formula is C20H22F3NO2S. The SMILES string of the molecule is CC(=N[S@](=O)C(C)(C)C)c1cc(OCc2ccccc2)cc(C(F)(F)F)c1. The molecule has 0 aliphatic rings. The molecule has 0 saturated heterocycles. The van der Waals surface area contributed by atoms with Gasteiger partial charge in [-0.05, 0) is 51.5 Å². The average Bonchev–Trinajstić information content (AvgIpc) is 2.59. The van der Waals surface area contributed by atoms with Gasteiger partial charge in [-0.25, -0.2) is 4.21 Å². The van der Waals surface area contributed by atoms with Crippen molar-refractivity contribution in [3.8, 4) is 5.75 Å². The maximum Gasteiger partial charge on any atom is 0.416 e. The molecule has 0 N–H and O–H groups in total. The van der Waals surface area contributed by atoms with E-state index in [1.165, 1.54) is 6.07 Å². The number of hydrogen-bond acceptors (Lipinski definition) is 2. The highest BCUT2D eigenvalue weighted by atomic mass is 32.2. The fourth-order valence-corrected chi connectivity index (χ4v) is 2.74. The van der Waals surface area contributed by atoms with Gasteiger partial charge in [0.15, 0.2) is 0 Å². The van der Waals surface area contributed by atoms with Crippen LogP contribution in [0.3, 0.4) is 0 Å². The molecule has 0 heterocycles. The van der Waals surface area contributed by atoms with Crippen LogP contribution < -0.4 is 4.74 Å². The summed E-state index contributed by atoms with van der Waals surface area (Å²) in [6.07, 6.45) is -4.52. The third-order valence-electron chi connectivity index (χ3n) is 3.64. The van der Waals surface area contributed by atoms with Crippen LogP contribution in [0.2, 0.25) is 0 Å². The lowest BCUT2D eigenvalue weighted by atomic mass is 10.1. The van der Waals surface area contributed by atoms with E-state index in [0.717, 1.165) is 17.7 Å². The van der Waals surface area contributed by atoms with Crippen molar-refractivity contribution in [3.05, 3.63) is 65.2 Å². The van der Waals surface area contributed by atoms with Crippen LogP contribution in [0.4, 0.5) is 13.2 Å². The summed E-state index contributed by atoms with van der Waals surface area (Å²) in [6, 6.07) is 12.6. The van der Waals surface area contributed by atoms with Crippen molar-refractivity contribution in [2.24, 2.45) is 4.40 Å². The fraction of sp³-hybridized carbons (Fsp3) is 0.350. The molecule has 0 fully saturated rings. The number of benzene rings is 2. The van der Waals surface area contributed by atoms with Crippen LogP contribution in [-0.2, 0) is 23.8 Å². The second-order valence-corrected chi connectivity index (χ2v) is 8.96. The zero-order valence-electron chi connectivity index (χ0n) is 15.6. The summed E-state index contributed by atoms with van der Waals surface area (Å²) < 4.78 is 61.0. The van der Waals surface area contributed by atoms with E-state index < -0.39 is 27.5 Å². The first-order valence-electron chi connectivity index (χ1n) is 8.33. The highest BCUT2D eigenvalue weighted by Gasteiger charge is 2.32. The highest BCUT2D eigenvalue weighted by Crippen LogP contribution is 2.33. The van der Waals surface area contributed by atoms with E-state index in [0.29, 0.717) is 0 Å². The maximum atomic E-state index is 13.3. The Labute approximate surface area is 159 Å². The monoisotopic (exact) mass is 397 g/mol. The van der Waals surface area contributed by atoms with Crippen LogP contribution in [0.25, 0.3) is 0 Å². The van der Waals surface area contributed by atoms with Crippen molar-refractivity contribution in [2.75, 3.05) is 0 Å². The summed E-state index contributed by atoms with van der Waals surface area (Å²) in [5, 5.41) is 0. The van der Waals surface area contributed by atoms with E-state index in [1.54, 1.807) is 27.7 Å². The Hall–Kier alpha value is -2.15. The minimum absolute atomic E-state index is 0.0831. The molecule has 0 saturated carbocycles. The lowest BCUT2D eigenvalue weighted by Crippen LogP contribution is -2.20. The second kappa shape index (κ2) is 8.25. The van der Waals surface area contributed by atoms with Gasteiger partial charge in [-0.1, -0.05) is 30.3 Å². The first-order chi connectivity index (χ1) is 12.5. The van der Waals surface area contributed by atoms with E-state index in [2.05, 4.69) is 4.40 Å². The third kappa shape index (κ3) is 6.20. The molecule has 7 heteroatoms. The van der Waals surface area contributed by atoms with Gasteiger partial charge < -0.3 is 4.74 Å². The van der Waals surface area contributed by atoms with Crippen molar-refractivity contribution in [3.63, 3.8) is 0 Å². The van der Waals surface area contributed by atoms with Crippen molar-refractivity contribution >= 4 is 16.7 Å². The number of rotatable bonds is 5. The molecule has 0 aliphatic heterocycles. The summed E-state index contributed by atoms with van der Waals surface area (Å²) in [6.45, 7) is 6.94. The summed E-state index contributed by atoms with van der Waals surface area (Å²) in [5.74, 6) is 0.0831. The van der Waals surface area contributed by atoms with Gasteiger partial charge >= 0.3 is 6.18 Å². The molecule has 146 valence electrons. The Morgan fingerprint density at radius 3 is 2.26 bits per heavy atom. The molecule has 0 aromatic heterocycles. The standard InChI is InChI=1S/C20H22F3NO2S/c1-14(24-27(25)19(2,3)4)16-10-17(20(21,22)23)12-18(11-16)26-13-15-8-6-5-7-9-15/h5-12H,13H2,1-4H3/t27-/m1/s1. The predicted molar refractivity (Wildman–Crippen MR) is 102 cm³/mol. The molecule has 0 unspecified atom stereocenters. The van der Waals surface area contributed by atoms with Crippen LogP contribution in [0, 0.1) is 0 Å². The lowest BCUT2D eigenvalue weighted by Gasteiger charge is -2.16. The largest absolute Gasteiger partial charge is 0.489 e. The summed E-state index contributed by atoms with van der Waals surface area (Å²) >= 11 is 0. The normalized spacial score (nSPS) is 14.1. The number of hydrogen-bond donors (Lipinski definition) is 0. The molecule has 0 bridgehead atoms. The molecule has 3 nitrogen and oxygen atoms in total. The van der Waals surface area contributed by atoms with Gasteiger partial charge in [0, 0.05) is 5.56 Å². The zero-order chi connectivity index (χ0) is 20.2. The van der Waals surface area contributed by atoms with Gasteiger partial charge in [0.25, 0.3) is 0 Å². The minimum Gasteiger partial charge on any atom is -0.489 e. The zero-order valence-corrected chi connectivity index (χ0v) is 16.4. The molecule has 1 atom stereocenters. The van der Waals surface area contributed by atoms with Crippen LogP contribution in [-0.4, -0.2) is 14.7 Å². The van der Waals surface area contributed by atoms with E-state index in [9.17, 15) is 17.4 Å². The second-order valence-electron chi connectivity index (χ2n) is 7.06. The minimum atomic E-state index is -4.52. The first kappa shape index (κ1) is 21.2. The van der Waals surface area contributed by atoms with Gasteiger partial charge in [0.05, 0.1) is 16.0 Å². The summed E-state index contributed by atoms with van der Waals surface area (Å²) in [5.41, 5.74) is 0.499. The lowest BCUT2D eigenvalue weighted by molar-refractivity contribution is -0.137. The predicted octanol–water partition coefficient (Wildman–Crippen LogP) is 5.56. The molecule has 0 spiro atoms. The fourth-order valence-electron chi connectivity index (χ4n) is 2.11. The van der Waals surface area contributed by atoms with E-state index in [4.69, 9.17) is 4.74 Å². The molecule has 0 radical (unpaired) electrons. The van der Waals surface area contributed by atoms with E-state index in [-0.39, 0.29) is 23.6 Å². The van der Waals surface area contributed by atoms with E-state index >= 15 is 0 Å². The highest BCUT2D eigenvalue weighted by molar-refractivity contribution is 7.85. The Balaban J connectivity index is 2.36. The molecule has 2 aromatic carbocycles. The van der Waals surface area contributed by atoms with Gasteiger partial charge in [-0.3, -0.25) is 0 Å². The van der Waals surface area contributed by atoms with Crippen molar-refractivity contribution in [1.82, 2.24) is 0 Å². The molecular weight excluding hydrogens is 375 g/mol. The number of ether oxygens (including phenoxy) is 1. The van der Waals surface area contributed by atoms with Crippen LogP contribution in [0.1, 0.15) is 44.4 Å². The van der Waals surface area contributed by atoms with Crippen molar-refractivity contribution in [2.45, 2.75) is 45.2 Å². The van der Waals surface area contributed by atoms with Gasteiger partial charge in [-0.15, -0.1) is 0 Å². The summed E-state index contributed by atoms with van der Waals surface area (Å²) in [4.78, 5) is 0. The molecule has 0 amide bonds. The number of alkyl halides is 3. The molecule has 27 heavy (non-hydrogen) atoms. The van der Waals surface area contributed by atoms with Gasteiger partial charge in [-0.2, -0.15) is 17.6 Å².